The number of halogens is 1. The van der Waals surface area contributed by atoms with Crippen LogP contribution in [0.2, 0.25) is 5.02 Å². The topological polar surface area (TPSA) is 125 Å². The molecule has 0 unspecified atom stereocenters. The molecule has 13 heteroatoms. The summed E-state index contributed by atoms with van der Waals surface area (Å²) in [6.07, 6.45) is 1.67. The number of nitrogens with zero attached hydrogens (tertiary/aromatic N) is 2. The number of morpholine rings is 1. The number of para-hydroxylation sites is 1. The van der Waals surface area contributed by atoms with Crippen LogP contribution in [0.5, 0.6) is 0 Å². The third kappa shape index (κ3) is 6.11. The highest BCUT2D eigenvalue weighted by atomic mass is 35.5. The van der Waals surface area contributed by atoms with Crippen LogP contribution in [-0.4, -0.2) is 66.4 Å². The van der Waals surface area contributed by atoms with Crippen molar-refractivity contribution in [3.05, 3.63) is 77.3 Å². The van der Waals surface area contributed by atoms with Crippen molar-refractivity contribution in [1.29, 1.82) is 0 Å². The highest BCUT2D eigenvalue weighted by Gasteiger charge is 2.27. The van der Waals surface area contributed by atoms with Crippen molar-refractivity contribution in [3.8, 4) is 0 Å². The van der Waals surface area contributed by atoms with E-state index in [-0.39, 0.29) is 26.1 Å². The molecular weight excluding hydrogens is 576 g/mol. The molecule has 2 heterocycles. The minimum Gasteiger partial charge on any atom is -0.378 e. The summed E-state index contributed by atoms with van der Waals surface area (Å²) in [7, 11) is -7.58. The molecule has 0 bridgehead atoms. The summed E-state index contributed by atoms with van der Waals surface area (Å²) in [5.41, 5.74) is 1.46. The van der Waals surface area contributed by atoms with Gasteiger partial charge in [0.15, 0.2) is 0 Å². The number of hydrogen-bond acceptors (Lipinski definition) is 7. The Morgan fingerprint density at radius 3 is 2.12 bits per heavy atom. The molecular formula is C27H29ClN4O6S2. The van der Waals surface area contributed by atoms with Gasteiger partial charge in [0.25, 0.3) is 15.9 Å². The van der Waals surface area contributed by atoms with E-state index in [4.69, 9.17) is 16.3 Å². The molecule has 0 aliphatic carbocycles. The molecule has 3 aromatic carbocycles. The maximum absolute atomic E-state index is 13.2. The molecule has 3 aromatic rings. The highest BCUT2D eigenvalue weighted by molar-refractivity contribution is 7.92. The van der Waals surface area contributed by atoms with Crippen molar-refractivity contribution in [2.75, 3.05) is 54.3 Å². The van der Waals surface area contributed by atoms with Gasteiger partial charge in [-0.1, -0.05) is 23.7 Å². The molecule has 40 heavy (non-hydrogen) atoms. The molecule has 2 saturated heterocycles. The summed E-state index contributed by atoms with van der Waals surface area (Å²) in [5.74, 6) is -0.454. The molecule has 10 nitrogen and oxygen atoms in total. The van der Waals surface area contributed by atoms with E-state index in [9.17, 15) is 21.6 Å². The van der Waals surface area contributed by atoms with Crippen molar-refractivity contribution in [1.82, 2.24) is 4.31 Å². The SMILES string of the molecule is O=C(Nc1ccc(S(=O)(=O)Nc2ccccc2Cl)cc1N1CCOCC1)c1ccc(S(=O)(=O)N2CCCC2)cc1. The Labute approximate surface area is 239 Å². The molecule has 0 aromatic heterocycles. The number of nitrogens with one attached hydrogen (secondary N) is 2. The van der Waals surface area contributed by atoms with Gasteiger partial charge in [-0.05, 0) is 67.4 Å². The van der Waals surface area contributed by atoms with Gasteiger partial charge in [0, 0.05) is 31.7 Å². The number of benzene rings is 3. The predicted molar refractivity (Wildman–Crippen MR) is 154 cm³/mol. The van der Waals surface area contributed by atoms with Crippen molar-refractivity contribution >= 4 is 54.6 Å². The number of amides is 1. The van der Waals surface area contributed by atoms with Gasteiger partial charge < -0.3 is 15.0 Å². The fourth-order valence-electron chi connectivity index (χ4n) is 4.65. The number of sulfonamides is 2. The van der Waals surface area contributed by atoms with E-state index in [1.165, 1.54) is 46.8 Å². The normalized spacial score (nSPS) is 16.6. The molecule has 0 spiro atoms. The second-order valence-electron chi connectivity index (χ2n) is 9.45. The second-order valence-corrected chi connectivity index (χ2v) is 13.5. The molecule has 212 valence electrons. The first-order valence-corrected chi connectivity index (χ1v) is 16.1. The van der Waals surface area contributed by atoms with Crippen molar-refractivity contribution < 1.29 is 26.4 Å². The van der Waals surface area contributed by atoms with Gasteiger partial charge in [0.05, 0.1) is 45.1 Å². The van der Waals surface area contributed by atoms with E-state index in [1.54, 1.807) is 24.3 Å². The number of rotatable bonds is 8. The quantitative estimate of drug-likeness (QED) is 0.398. The summed E-state index contributed by atoms with van der Waals surface area (Å²) >= 11 is 6.15. The monoisotopic (exact) mass is 604 g/mol. The van der Waals surface area contributed by atoms with E-state index < -0.39 is 26.0 Å². The zero-order valence-electron chi connectivity index (χ0n) is 21.5. The van der Waals surface area contributed by atoms with E-state index >= 15 is 0 Å². The van der Waals surface area contributed by atoms with Gasteiger partial charge in [-0.15, -0.1) is 0 Å². The molecule has 5 rings (SSSR count). The van der Waals surface area contributed by atoms with Crippen LogP contribution in [0.15, 0.2) is 76.5 Å². The highest BCUT2D eigenvalue weighted by Crippen LogP contribution is 2.32. The van der Waals surface area contributed by atoms with Crippen LogP contribution in [0.25, 0.3) is 0 Å². The summed E-state index contributed by atoms with van der Waals surface area (Å²) in [6, 6.07) is 16.8. The van der Waals surface area contributed by atoms with Crippen LogP contribution < -0.4 is 14.9 Å². The van der Waals surface area contributed by atoms with Crippen LogP contribution in [-0.2, 0) is 24.8 Å². The van der Waals surface area contributed by atoms with E-state index in [2.05, 4.69) is 10.0 Å². The average molecular weight is 605 g/mol. The van der Waals surface area contributed by atoms with E-state index in [0.29, 0.717) is 50.8 Å². The van der Waals surface area contributed by atoms with E-state index in [0.717, 1.165) is 12.8 Å². The fourth-order valence-corrected chi connectivity index (χ4v) is 7.50. The average Bonchev–Trinajstić information content (AvgIpc) is 3.51. The first-order valence-electron chi connectivity index (χ1n) is 12.8. The van der Waals surface area contributed by atoms with Gasteiger partial charge in [-0.2, -0.15) is 4.31 Å². The lowest BCUT2D eigenvalue weighted by Crippen LogP contribution is -2.37. The van der Waals surface area contributed by atoms with Crippen LogP contribution in [0.1, 0.15) is 23.2 Å². The number of ether oxygens (including phenoxy) is 1. The van der Waals surface area contributed by atoms with Crippen LogP contribution in [0.3, 0.4) is 0 Å². The Morgan fingerprint density at radius 1 is 0.800 bits per heavy atom. The van der Waals surface area contributed by atoms with Crippen molar-refractivity contribution in [3.63, 3.8) is 0 Å². The van der Waals surface area contributed by atoms with Crippen molar-refractivity contribution in [2.45, 2.75) is 22.6 Å². The number of anilines is 3. The first-order chi connectivity index (χ1) is 19.1. The Balaban J connectivity index is 1.40. The third-order valence-electron chi connectivity index (χ3n) is 6.82. The smallest absolute Gasteiger partial charge is 0.262 e. The standard InChI is InChI=1S/C27H29ClN4O6S2/c28-23-5-1-2-6-24(23)30-39(34,35)22-11-12-25(26(19-22)31-15-17-38-18-16-31)29-27(33)20-7-9-21(10-8-20)40(36,37)32-13-3-4-14-32/h1-2,5-12,19,30H,3-4,13-18H2,(H,29,33). The first kappa shape index (κ1) is 28.4. The van der Waals surface area contributed by atoms with E-state index in [1.807, 2.05) is 4.90 Å². The molecule has 2 aliphatic rings. The zero-order chi connectivity index (χ0) is 28.3. The zero-order valence-corrected chi connectivity index (χ0v) is 23.9. The van der Waals surface area contributed by atoms with Crippen LogP contribution in [0.4, 0.5) is 17.1 Å². The molecule has 2 aliphatic heterocycles. The minimum absolute atomic E-state index is 0.00313. The molecule has 0 atom stereocenters. The maximum atomic E-state index is 13.2. The summed E-state index contributed by atoms with van der Waals surface area (Å²) < 4.78 is 61.5. The Hall–Kier alpha value is -3.16. The number of carbonyl (C=O) groups excluding carboxylic acids is 1. The molecule has 0 radical (unpaired) electrons. The third-order valence-corrected chi connectivity index (χ3v) is 10.4. The lowest BCUT2D eigenvalue weighted by atomic mass is 10.2. The summed E-state index contributed by atoms with van der Waals surface area (Å²) in [5, 5.41) is 3.12. The second kappa shape index (κ2) is 11.8. The Kier molecular flexibility index (Phi) is 8.34. The summed E-state index contributed by atoms with van der Waals surface area (Å²) in [6.45, 7) is 2.91. The largest absolute Gasteiger partial charge is 0.378 e. The molecule has 2 N–H and O–H groups in total. The van der Waals surface area contributed by atoms with Crippen LogP contribution in [0, 0.1) is 0 Å². The van der Waals surface area contributed by atoms with Gasteiger partial charge in [-0.25, -0.2) is 16.8 Å². The molecule has 2 fully saturated rings. The maximum Gasteiger partial charge on any atom is 0.262 e. The Morgan fingerprint density at radius 2 is 1.45 bits per heavy atom. The fraction of sp³-hybridized carbons (Fsp3) is 0.296. The number of hydrogen-bond donors (Lipinski definition) is 2. The minimum atomic E-state index is -3.99. The van der Waals surface area contributed by atoms with Gasteiger partial charge in [0.1, 0.15) is 0 Å². The van der Waals surface area contributed by atoms with Gasteiger partial charge >= 0.3 is 0 Å². The lowest BCUT2D eigenvalue weighted by molar-refractivity contribution is 0.102. The lowest BCUT2D eigenvalue weighted by Gasteiger charge is -2.31. The van der Waals surface area contributed by atoms with Crippen molar-refractivity contribution in [2.24, 2.45) is 0 Å². The number of carbonyl (C=O) groups is 1. The molecule has 0 saturated carbocycles. The predicted octanol–water partition coefficient (Wildman–Crippen LogP) is 4.01. The summed E-state index contributed by atoms with van der Waals surface area (Å²) in [4.78, 5) is 15.3. The van der Waals surface area contributed by atoms with Gasteiger partial charge in [-0.3, -0.25) is 9.52 Å². The Bertz CT molecular complexity index is 1600. The van der Waals surface area contributed by atoms with Gasteiger partial charge in [0.2, 0.25) is 10.0 Å². The molecule has 1 amide bonds. The van der Waals surface area contributed by atoms with Crippen LogP contribution >= 0.6 is 11.6 Å².